The largest absolute Gasteiger partial charge is 0.356 e. The molecule has 27 heavy (non-hydrogen) atoms. The fourth-order valence-electron chi connectivity index (χ4n) is 3.53. The summed E-state index contributed by atoms with van der Waals surface area (Å²) in [5.41, 5.74) is 11.3. The summed E-state index contributed by atoms with van der Waals surface area (Å²) in [6.07, 6.45) is 0. The van der Waals surface area contributed by atoms with Crippen molar-refractivity contribution in [3.63, 3.8) is 0 Å². The van der Waals surface area contributed by atoms with Gasteiger partial charge in [0.25, 0.3) is 0 Å². The Morgan fingerprint density at radius 1 is 0.889 bits per heavy atom. The fourth-order valence-corrected chi connectivity index (χ4v) is 3.53. The van der Waals surface area contributed by atoms with Gasteiger partial charge in [-0.3, -0.25) is 10.5 Å². The number of fused-ring (bicyclic) bond motifs is 1. The van der Waals surface area contributed by atoms with Gasteiger partial charge in [-0.15, -0.1) is 0 Å². The van der Waals surface area contributed by atoms with Crippen molar-refractivity contribution in [2.24, 2.45) is 0 Å². The molecule has 0 aliphatic rings. The van der Waals surface area contributed by atoms with Gasteiger partial charge in [0.2, 0.25) is 0 Å². The van der Waals surface area contributed by atoms with Crippen LogP contribution in [0.1, 0.15) is 17.3 Å². The first-order valence-electron chi connectivity index (χ1n) is 9.14. The molecule has 4 rings (SSSR count). The predicted molar refractivity (Wildman–Crippen MR) is 108 cm³/mol. The van der Waals surface area contributed by atoms with Crippen molar-refractivity contribution in [3.05, 3.63) is 84.4 Å². The number of hydrogen-bond acceptors (Lipinski definition) is 2. The molecule has 0 spiro atoms. The fraction of sp³-hybridized carbons (Fsp3) is 0.130. The number of carbonyl (C=O) groups is 1. The maximum Gasteiger partial charge on any atom is 0.356 e. The van der Waals surface area contributed by atoms with E-state index in [2.05, 4.69) is 19.1 Å². The van der Waals surface area contributed by atoms with Crippen LogP contribution in [0.3, 0.4) is 0 Å². The summed E-state index contributed by atoms with van der Waals surface area (Å²) >= 11 is 0. The first-order chi connectivity index (χ1) is 13.2. The van der Waals surface area contributed by atoms with E-state index >= 15 is 0 Å². The lowest BCUT2D eigenvalue weighted by Crippen LogP contribution is -2.40. The van der Waals surface area contributed by atoms with Crippen LogP contribution < -0.4 is 10.3 Å². The molecule has 4 nitrogen and oxygen atoms in total. The highest BCUT2D eigenvalue weighted by Crippen LogP contribution is 2.20. The highest BCUT2D eigenvalue weighted by Gasteiger charge is 2.22. The molecule has 0 saturated carbocycles. The van der Waals surface area contributed by atoms with E-state index in [1.165, 1.54) is 0 Å². The van der Waals surface area contributed by atoms with Gasteiger partial charge in [-0.05, 0) is 30.2 Å². The minimum atomic E-state index is 0.0466. The maximum absolute atomic E-state index is 12.9. The molecule has 0 amide bonds. The SMILES string of the molecule is CCn1c(N)[n+](CC(=O)c2ccc(-c3ccccc3)cc2)c2ccccc21. The van der Waals surface area contributed by atoms with Crippen LogP contribution in [-0.4, -0.2) is 10.4 Å². The number of aromatic nitrogens is 2. The average Bonchev–Trinajstić information content (AvgIpc) is 2.99. The van der Waals surface area contributed by atoms with Crippen LogP contribution >= 0.6 is 0 Å². The van der Waals surface area contributed by atoms with Crippen molar-refractivity contribution >= 4 is 22.8 Å². The van der Waals surface area contributed by atoms with Crippen molar-refractivity contribution in [2.75, 3.05) is 5.73 Å². The molecule has 1 aromatic heterocycles. The molecule has 0 atom stereocenters. The van der Waals surface area contributed by atoms with Crippen molar-refractivity contribution in [1.82, 2.24) is 4.57 Å². The molecule has 0 aliphatic heterocycles. The zero-order chi connectivity index (χ0) is 18.8. The van der Waals surface area contributed by atoms with Gasteiger partial charge in [0.15, 0.2) is 5.78 Å². The van der Waals surface area contributed by atoms with E-state index in [1.807, 2.05) is 75.9 Å². The maximum atomic E-state index is 12.9. The number of anilines is 1. The number of hydrogen-bond donors (Lipinski definition) is 1. The van der Waals surface area contributed by atoms with E-state index in [4.69, 9.17) is 5.73 Å². The molecule has 4 aromatic rings. The molecule has 4 heteroatoms. The number of para-hydroxylation sites is 2. The summed E-state index contributed by atoms with van der Waals surface area (Å²) in [7, 11) is 0. The van der Waals surface area contributed by atoms with Gasteiger partial charge in [0, 0.05) is 5.56 Å². The second-order valence-corrected chi connectivity index (χ2v) is 6.54. The third kappa shape index (κ3) is 3.10. The van der Waals surface area contributed by atoms with Crippen LogP contribution in [0.5, 0.6) is 0 Å². The monoisotopic (exact) mass is 356 g/mol. The number of ketones is 1. The van der Waals surface area contributed by atoms with Crippen molar-refractivity contribution in [2.45, 2.75) is 20.0 Å². The summed E-state index contributed by atoms with van der Waals surface area (Å²) in [4.78, 5) is 12.9. The summed E-state index contributed by atoms with van der Waals surface area (Å²) < 4.78 is 3.92. The molecule has 0 radical (unpaired) electrons. The van der Waals surface area contributed by atoms with Gasteiger partial charge < -0.3 is 0 Å². The topological polar surface area (TPSA) is 51.9 Å². The second kappa shape index (κ2) is 7.08. The number of nitrogens with two attached hydrogens (primary N) is 1. The first-order valence-corrected chi connectivity index (χ1v) is 9.14. The quantitative estimate of drug-likeness (QED) is 0.433. The van der Waals surface area contributed by atoms with E-state index in [9.17, 15) is 4.79 Å². The summed E-state index contributed by atoms with van der Waals surface area (Å²) in [5.74, 6) is 0.651. The smallest absolute Gasteiger partial charge is 0.291 e. The first kappa shape index (κ1) is 17.0. The lowest BCUT2D eigenvalue weighted by Gasteiger charge is -2.05. The Hall–Kier alpha value is -3.40. The summed E-state index contributed by atoms with van der Waals surface area (Å²) in [6, 6.07) is 25.9. The van der Waals surface area contributed by atoms with Crippen molar-refractivity contribution in [3.8, 4) is 11.1 Å². The van der Waals surface area contributed by atoms with Gasteiger partial charge in [-0.2, -0.15) is 0 Å². The number of nitrogen functional groups attached to an aromatic ring is 1. The summed E-state index contributed by atoms with van der Waals surface area (Å²) in [6.45, 7) is 3.04. The molecule has 134 valence electrons. The Morgan fingerprint density at radius 2 is 1.52 bits per heavy atom. The second-order valence-electron chi connectivity index (χ2n) is 6.54. The minimum Gasteiger partial charge on any atom is -0.291 e. The molecule has 2 N–H and O–H groups in total. The lowest BCUT2D eigenvalue weighted by molar-refractivity contribution is -0.642. The Balaban J connectivity index is 1.63. The molecule has 0 saturated heterocycles. The minimum absolute atomic E-state index is 0.0466. The van der Waals surface area contributed by atoms with Crippen LogP contribution in [0.2, 0.25) is 0 Å². The number of aryl methyl sites for hydroxylation is 1. The Bertz CT molecular complexity index is 1100. The number of benzene rings is 3. The zero-order valence-corrected chi connectivity index (χ0v) is 15.3. The third-order valence-corrected chi connectivity index (χ3v) is 4.95. The van der Waals surface area contributed by atoms with E-state index < -0.39 is 0 Å². The van der Waals surface area contributed by atoms with Crippen LogP contribution in [0, 0.1) is 0 Å². The molecule has 1 heterocycles. The average molecular weight is 356 g/mol. The Labute approximate surface area is 158 Å². The van der Waals surface area contributed by atoms with E-state index in [-0.39, 0.29) is 12.3 Å². The van der Waals surface area contributed by atoms with Crippen LogP contribution in [-0.2, 0) is 13.1 Å². The van der Waals surface area contributed by atoms with Crippen LogP contribution in [0.15, 0.2) is 78.9 Å². The van der Waals surface area contributed by atoms with E-state index in [0.29, 0.717) is 11.5 Å². The molecular formula is C23H22N3O+. The molecular weight excluding hydrogens is 334 g/mol. The summed E-state index contributed by atoms with van der Waals surface area (Å²) in [5, 5.41) is 0. The number of carbonyl (C=O) groups excluding carboxylic acids is 1. The van der Waals surface area contributed by atoms with Gasteiger partial charge in [-0.1, -0.05) is 66.7 Å². The lowest BCUT2D eigenvalue weighted by atomic mass is 10.0. The molecule has 3 aromatic carbocycles. The zero-order valence-electron chi connectivity index (χ0n) is 15.3. The number of rotatable bonds is 5. The van der Waals surface area contributed by atoms with Crippen molar-refractivity contribution in [1.29, 1.82) is 0 Å². The molecule has 0 unspecified atom stereocenters. The number of nitrogens with zero attached hydrogens (tertiary/aromatic N) is 2. The highest BCUT2D eigenvalue weighted by molar-refractivity contribution is 5.95. The number of imidazole rings is 1. The normalized spacial score (nSPS) is 11.0. The molecule has 0 bridgehead atoms. The van der Waals surface area contributed by atoms with Gasteiger partial charge in [0.05, 0.1) is 6.54 Å². The Morgan fingerprint density at radius 3 is 2.22 bits per heavy atom. The molecule has 0 aliphatic carbocycles. The van der Waals surface area contributed by atoms with E-state index in [1.54, 1.807) is 0 Å². The number of Topliss-reactive ketones (excluding diaryl/α,β-unsaturated/α-hetero) is 1. The van der Waals surface area contributed by atoms with E-state index in [0.717, 1.165) is 28.7 Å². The molecule has 0 fully saturated rings. The van der Waals surface area contributed by atoms with Gasteiger partial charge in [0.1, 0.15) is 17.6 Å². The van der Waals surface area contributed by atoms with Gasteiger partial charge in [-0.25, -0.2) is 9.13 Å². The van der Waals surface area contributed by atoms with Gasteiger partial charge >= 0.3 is 5.95 Å². The predicted octanol–water partition coefficient (Wildman–Crippen LogP) is 4.08. The van der Waals surface area contributed by atoms with Crippen LogP contribution in [0.4, 0.5) is 5.95 Å². The Kier molecular flexibility index (Phi) is 4.47. The standard InChI is InChI=1S/C23H21N3O/c1-2-25-20-10-6-7-11-21(20)26(23(25)24)16-22(27)19-14-12-18(13-15-19)17-8-4-3-5-9-17/h3-15,24H,2,16H2,1H3/p+1. The van der Waals surface area contributed by atoms with Crippen molar-refractivity contribution < 1.29 is 9.36 Å². The van der Waals surface area contributed by atoms with Crippen LogP contribution in [0.25, 0.3) is 22.2 Å². The third-order valence-electron chi connectivity index (χ3n) is 4.95. The highest BCUT2D eigenvalue weighted by atomic mass is 16.1.